The number of carbonyl (C=O) groups excluding carboxylic acids is 1. The summed E-state index contributed by atoms with van der Waals surface area (Å²) >= 11 is 11.5. The van der Waals surface area contributed by atoms with Crippen molar-refractivity contribution in [1.29, 1.82) is 5.26 Å². The molecule has 6 heteroatoms. The van der Waals surface area contributed by atoms with E-state index in [-0.39, 0.29) is 21.7 Å². The smallest absolute Gasteiger partial charge is 0.311 e. The molecule has 0 amide bonds. The molecule has 1 fully saturated rings. The van der Waals surface area contributed by atoms with Crippen LogP contribution in [-0.4, -0.2) is 13.1 Å². The van der Waals surface area contributed by atoms with Crippen molar-refractivity contribution in [2.24, 2.45) is 17.3 Å². The molecule has 0 spiro atoms. The molecule has 3 atom stereocenters. The molecule has 0 aromatic heterocycles. The molecule has 0 unspecified atom stereocenters. The van der Waals surface area contributed by atoms with E-state index in [0.717, 1.165) is 16.5 Å². The van der Waals surface area contributed by atoms with Gasteiger partial charge in [-0.25, -0.2) is 0 Å². The predicted octanol–water partition coefficient (Wildman–Crippen LogP) is 5.55. The van der Waals surface area contributed by atoms with Gasteiger partial charge in [-0.05, 0) is 46.4 Å². The minimum atomic E-state index is -0.975. The van der Waals surface area contributed by atoms with Crippen molar-refractivity contribution < 1.29 is 14.3 Å². The number of hydrogen-bond acceptors (Lipinski definition) is 4. The van der Waals surface area contributed by atoms with Gasteiger partial charge in [0, 0.05) is 5.56 Å². The number of ether oxygens (including phenoxy) is 2. The van der Waals surface area contributed by atoms with Crippen LogP contribution in [-0.2, 0) is 9.53 Å². The monoisotopic (exact) mass is 403 g/mol. The minimum Gasteiger partial charge on any atom is -0.497 e. The number of nitriles is 1. The van der Waals surface area contributed by atoms with Gasteiger partial charge in [-0.1, -0.05) is 55.2 Å². The van der Waals surface area contributed by atoms with E-state index >= 15 is 0 Å². The van der Waals surface area contributed by atoms with Gasteiger partial charge in [-0.3, -0.25) is 4.79 Å². The summed E-state index contributed by atoms with van der Waals surface area (Å²) in [6, 6.07) is 13.2. The summed E-state index contributed by atoms with van der Waals surface area (Å²) in [5.74, 6) is -0.132. The molecule has 2 aromatic carbocycles. The van der Waals surface area contributed by atoms with E-state index in [1.165, 1.54) is 0 Å². The third kappa shape index (κ3) is 3.90. The van der Waals surface area contributed by atoms with Gasteiger partial charge in [-0.15, -0.1) is 0 Å². The largest absolute Gasteiger partial charge is 0.497 e. The zero-order valence-electron chi connectivity index (χ0n) is 15.2. The van der Waals surface area contributed by atoms with E-state index < -0.39 is 12.1 Å². The van der Waals surface area contributed by atoms with E-state index in [1.807, 2.05) is 44.2 Å². The standard InChI is InChI=1S/C21H19Cl2NO3/c1-21(2)16(10-18(22)23)19(21)20(25)27-17(11-24)14-5-4-13-9-15(26-3)7-6-12(13)8-14/h4-10,16-17,19H,1-3H3/t16-,17-,19-/m0/s1. The van der Waals surface area contributed by atoms with Crippen molar-refractivity contribution in [2.45, 2.75) is 20.0 Å². The third-order valence-corrected chi connectivity index (χ3v) is 5.45. The second-order valence-electron chi connectivity index (χ2n) is 7.20. The highest BCUT2D eigenvalue weighted by molar-refractivity contribution is 6.55. The Hall–Kier alpha value is -2.22. The van der Waals surface area contributed by atoms with E-state index in [1.54, 1.807) is 19.3 Å². The summed E-state index contributed by atoms with van der Waals surface area (Å²) in [6.07, 6.45) is 0.677. The molecule has 0 bridgehead atoms. The fraction of sp³-hybridized carbons (Fsp3) is 0.333. The normalized spacial score (nSPS) is 21.0. The van der Waals surface area contributed by atoms with Gasteiger partial charge < -0.3 is 9.47 Å². The van der Waals surface area contributed by atoms with Gasteiger partial charge in [0.2, 0.25) is 6.10 Å². The molecular weight excluding hydrogens is 385 g/mol. The number of allylic oxidation sites excluding steroid dienone is 1. The first-order valence-electron chi connectivity index (χ1n) is 8.48. The molecule has 3 rings (SSSR count). The molecule has 140 valence electrons. The Morgan fingerprint density at radius 3 is 2.52 bits per heavy atom. The number of rotatable bonds is 5. The highest BCUT2D eigenvalue weighted by Crippen LogP contribution is 2.60. The Balaban J connectivity index is 1.80. The molecule has 27 heavy (non-hydrogen) atoms. The summed E-state index contributed by atoms with van der Waals surface area (Å²) in [6.45, 7) is 3.89. The molecule has 1 aliphatic carbocycles. The Kier molecular flexibility index (Phi) is 5.37. The van der Waals surface area contributed by atoms with E-state index in [4.69, 9.17) is 32.7 Å². The van der Waals surface area contributed by atoms with Crippen molar-refractivity contribution in [3.63, 3.8) is 0 Å². The minimum absolute atomic E-state index is 0.0987. The van der Waals surface area contributed by atoms with Crippen LogP contribution in [0.4, 0.5) is 0 Å². The van der Waals surface area contributed by atoms with Crippen molar-refractivity contribution in [2.75, 3.05) is 7.11 Å². The molecule has 0 saturated heterocycles. The topological polar surface area (TPSA) is 59.3 Å². The molecule has 0 aliphatic heterocycles. The Morgan fingerprint density at radius 2 is 1.89 bits per heavy atom. The van der Waals surface area contributed by atoms with E-state index in [0.29, 0.717) is 5.56 Å². The van der Waals surface area contributed by atoms with Crippen LogP contribution in [0.3, 0.4) is 0 Å². The lowest BCUT2D eigenvalue weighted by Crippen LogP contribution is -2.14. The van der Waals surface area contributed by atoms with Gasteiger partial charge in [-0.2, -0.15) is 5.26 Å². The summed E-state index contributed by atoms with van der Waals surface area (Å²) in [4.78, 5) is 12.6. The van der Waals surface area contributed by atoms with Gasteiger partial charge >= 0.3 is 5.97 Å². The quantitative estimate of drug-likeness (QED) is 0.614. The first kappa shape index (κ1) is 19.5. The lowest BCUT2D eigenvalue weighted by Gasteiger charge is -2.13. The average molecular weight is 404 g/mol. The first-order chi connectivity index (χ1) is 12.8. The fourth-order valence-electron chi connectivity index (χ4n) is 3.47. The van der Waals surface area contributed by atoms with Crippen LogP contribution in [0, 0.1) is 28.6 Å². The van der Waals surface area contributed by atoms with Gasteiger partial charge in [0.25, 0.3) is 0 Å². The fourth-order valence-corrected chi connectivity index (χ4v) is 3.74. The van der Waals surface area contributed by atoms with Crippen LogP contribution in [0.25, 0.3) is 10.8 Å². The number of nitrogens with zero attached hydrogens (tertiary/aromatic N) is 1. The number of esters is 1. The highest BCUT2D eigenvalue weighted by Gasteiger charge is 2.62. The molecular formula is C21H19Cl2NO3. The molecule has 0 N–H and O–H groups in total. The van der Waals surface area contributed by atoms with Gasteiger partial charge in [0.05, 0.1) is 13.0 Å². The van der Waals surface area contributed by atoms with Crippen LogP contribution in [0.5, 0.6) is 5.75 Å². The molecule has 0 heterocycles. The van der Waals surface area contributed by atoms with Gasteiger partial charge in [0.1, 0.15) is 16.3 Å². The van der Waals surface area contributed by atoms with Crippen molar-refractivity contribution in [3.05, 3.63) is 52.5 Å². The van der Waals surface area contributed by atoms with Gasteiger partial charge in [0.15, 0.2) is 0 Å². The molecule has 2 aromatic rings. The number of methoxy groups -OCH3 is 1. The third-order valence-electron chi connectivity index (χ3n) is 5.20. The van der Waals surface area contributed by atoms with Crippen molar-refractivity contribution >= 4 is 39.9 Å². The zero-order chi connectivity index (χ0) is 19.8. The van der Waals surface area contributed by atoms with E-state index in [9.17, 15) is 10.1 Å². The Bertz CT molecular complexity index is 958. The van der Waals surface area contributed by atoms with Crippen molar-refractivity contribution in [1.82, 2.24) is 0 Å². The van der Waals surface area contributed by atoms with E-state index in [2.05, 4.69) is 6.07 Å². The first-order valence-corrected chi connectivity index (χ1v) is 9.24. The number of carbonyl (C=O) groups is 1. The highest BCUT2D eigenvalue weighted by atomic mass is 35.5. The summed E-state index contributed by atoms with van der Waals surface area (Å²) in [5.41, 5.74) is 0.330. The maximum absolute atomic E-state index is 12.6. The summed E-state index contributed by atoms with van der Waals surface area (Å²) in [5, 5.41) is 11.4. The summed E-state index contributed by atoms with van der Waals surface area (Å²) < 4.78 is 10.9. The maximum atomic E-state index is 12.6. The van der Waals surface area contributed by atoms with Crippen LogP contribution in [0.2, 0.25) is 0 Å². The second-order valence-corrected chi connectivity index (χ2v) is 8.21. The molecule has 1 saturated carbocycles. The average Bonchev–Trinajstić information content (AvgIpc) is 3.17. The zero-order valence-corrected chi connectivity index (χ0v) is 16.7. The van der Waals surface area contributed by atoms with Crippen LogP contribution >= 0.6 is 23.2 Å². The summed E-state index contributed by atoms with van der Waals surface area (Å²) in [7, 11) is 1.61. The molecule has 1 aliphatic rings. The predicted molar refractivity (Wildman–Crippen MR) is 105 cm³/mol. The second kappa shape index (κ2) is 7.42. The molecule has 0 radical (unpaired) electrons. The Morgan fingerprint density at radius 1 is 1.22 bits per heavy atom. The number of halogens is 2. The van der Waals surface area contributed by atoms with Crippen LogP contribution in [0.15, 0.2) is 47.0 Å². The number of benzene rings is 2. The number of fused-ring (bicyclic) bond motifs is 1. The van der Waals surface area contributed by atoms with Crippen LogP contribution in [0.1, 0.15) is 25.5 Å². The maximum Gasteiger partial charge on any atom is 0.311 e. The lowest BCUT2D eigenvalue weighted by atomic mass is 10.0. The van der Waals surface area contributed by atoms with Crippen molar-refractivity contribution in [3.8, 4) is 11.8 Å². The lowest BCUT2D eigenvalue weighted by molar-refractivity contribution is -0.149. The SMILES string of the molecule is COc1ccc2cc([C@H](C#N)OC(=O)[C@@H]3[C@H](C=C(Cl)Cl)C3(C)C)ccc2c1. The Labute approximate surface area is 168 Å². The number of hydrogen-bond donors (Lipinski definition) is 0. The molecule has 4 nitrogen and oxygen atoms in total. The van der Waals surface area contributed by atoms with Crippen LogP contribution < -0.4 is 4.74 Å².